The molecule has 1 aromatic carbocycles. The molecule has 1 aliphatic carbocycles. The third-order valence-corrected chi connectivity index (χ3v) is 6.29. The molecule has 6 nitrogen and oxygen atoms in total. The van der Waals surface area contributed by atoms with Gasteiger partial charge < -0.3 is 9.64 Å². The molecule has 0 saturated carbocycles. The van der Waals surface area contributed by atoms with E-state index >= 15 is 0 Å². The van der Waals surface area contributed by atoms with Gasteiger partial charge in [-0.05, 0) is 73.8 Å². The van der Waals surface area contributed by atoms with Gasteiger partial charge in [-0.1, -0.05) is 37.6 Å². The summed E-state index contributed by atoms with van der Waals surface area (Å²) in [5.74, 6) is -0.435. The number of hydrogen-bond acceptors (Lipinski definition) is 5. The zero-order valence-corrected chi connectivity index (χ0v) is 19.8. The van der Waals surface area contributed by atoms with Gasteiger partial charge >= 0.3 is 5.97 Å². The van der Waals surface area contributed by atoms with Crippen molar-refractivity contribution < 1.29 is 9.53 Å². The molecule has 0 fully saturated rings. The number of nitrogens with zero attached hydrogens (tertiary/aromatic N) is 3. The Labute approximate surface area is 198 Å². The van der Waals surface area contributed by atoms with Crippen LogP contribution in [0.25, 0.3) is 17.3 Å². The number of rotatable bonds is 7. The molecule has 33 heavy (non-hydrogen) atoms. The highest BCUT2D eigenvalue weighted by atomic mass is 35.5. The predicted molar refractivity (Wildman–Crippen MR) is 132 cm³/mol. The third-order valence-electron chi connectivity index (χ3n) is 6.05. The molecule has 0 saturated heterocycles. The summed E-state index contributed by atoms with van der Waals surface area (Å²) in [5, 5.41) is 0.670. The predicted octanol–water partition coefficient (Wildman–Crippen LogP) is 4.72. The molecule has 0 amide bonds. The summed E-state index contributed by atoms with van der Waals surface area (Å²) in [6.45, 7) is 6.96. The van der Waals surface area contributed by atoms with E-state index in [0.29, 0.717) is 41.4 Å². The Morgan fingerprint density at radius 3 is 2.79 bits per heavy atom. The number of ether oxygens (including phenoxy) is 1. The molecule has 7 heteroatoms. The zero-order valence-electron chi connectivity index (χ0n) is 19.0. The molecule has 0 N–H and O–H groups in total. The van der Waals surface area contributed by atoms with Crippen LogP contribution in [0, 0.1) is 0 Å². The molecule has 0 unspecified atom stereocenters. The molecule has 0 bridgehead atoms. The SMILES string of the molecule is CCN(CC)CCOC(=O)c1ccc2nc3c(c(=O)n2c1)CCCC3=Cc1cccc(Cl)c1. The van der Waals surface area contributed by atoms with Crippen LogP contribution in [0.5, 0.6) is 0 Å². The maximum atomic E-state index is 13.3. The lowest BCUT2D eigenvalue weighted by atomic mass is 9.91. The summed E-state index contributed by atoms with van der Waals surface area (Å²) in [4.78, 5) is 32.8. The van der Waals surface area contributed by atoms with E-state index in [-0.39, 0.29) is 5.56 Å². The Balaban J connectivity index is 1.63. The number of carbonyl (C=O) groups excluding carboxylic acids is 1. The van der Waals surface area contributed by atoms with Gasteiger partial charge in [0, 0.05) is 23.3 Å². The van der Waals surface area contributed by atoms with E-state index in [1.807, 2.05) is 24.3 Å². The summed E-state index contributed by atoms with van der Waals surface area (Å²) < 4.78 is 6.88. The lowest BCUT2D eigenvalue weighted by Crippen LogP contribution is -2.28. The van der Waals surface area contributed by atoms with Crippen LogP contribution < -0.4 is 5.56 Å². The number of esters is 1. The number of benzene rings is 1. The van der Waals surface area contributed by atoms with E-state index in [1.165, 1.54) is 4.40 Å². The van der Waals surface area contributed by atoms with Crippen LogP contribution in [0.1, 0.15) is 53.9 Å². The van der Waals surface area contributed by atoms with Crippen molar-refractivity contribution in [1.82, 2.24) is 14.3 Å². The van der Waals surface area contributed by atoms with E-state index in [1.54, 1.807) is 18.3 Å². The standard InChI is InChI=1S/C26H28ClN3O3/c1-3-29(4-2)13-14-33-26(32)20-11-12-23-28-24-19(15-18-7-5-9-21(27)16-18)8-6-10-22(24)25(31)30(23)17-20/h5,7,9,11-12,15-17H,3-4,6,8,10,13-14H2,1-2H3. The van der Waals surface area contributed by atoms with Crippen molar-refractivity contribution in [2.24, 2.45) is 0 Å². The maximum Gasteiger partial charge on any atom is 0.339 e. The summed E-state index contributed by atoms with van der Waals surface area (Å²) in [5.41, 5.74) is 4.14. The third kappa shape index (κ3) is 5.18. The lowest BCUT2D eigenvalue weighted by Gasteiger charge is -2.19. The van der Waals surface area contributed by atoms with Gasteiger partial charge in [-0.2, -0.15) is 0 Å². The smallest absolute Gasteiger partial charge is 0.339 e. The van der Waals surface area contributed by atoms with Crippen molar-refractivity contribution in [2.75, 3.05) is 26.2 Å². The molecule has 2 aromatic heterocycles. The van der Waals surface area contributed by atoms with Crippen molar-refractivity contribution in [3.8, 4) is 0 Å². The Morgan fingerprint density at radius 2 is 2.03 bits per heavy atom. The summed E-state index contributed by atoms with van der Waals surface area (Å²) in [6.07, 6.45) is 5.97. The molecule has 1 aliphatic rings. The number of fused-ring (bicyclic) bond motifs is 2. The maximum absolute atomic E-state index is 13.3. The number of pyridine rings is 1. The van der Waals surface area contributed by atoms with Crippen molar-refractivity contribution in [2.45, 2.75) is 33.1 Å². The number of likely N-dealkylation sites (N-methyl/N-ethyl adjacent to an activating group) is 1. The van der Waals surface area contributed by atoms with Gasteiger partial charge in [-0.15, -0.1) is 0 Å². The second-order valence-corrected chi connectivity index (χ2v) is 8.57. The molecular formula is C26H28ClN3O3. The van der Waals surface area contributed by atoms with Crippen LogP contribution in [-0.4, -0.2) is 46.5 Å². The topological polar surface area (TPSA) is 63.9 Å². The minimum absolute atomic E-state index is 0.135. The molecule has 0 atom stereocenters. The Kier molecular flexibility index (Phi) is 7.26. The second kappa shape index (κ2) is 10.3. The summed E-state index contributed by atoms with van der Waals surface area (Å²) in [6, 6.07) is 11.0. The zero-order chi connectivity index (χ0) is 23.4. The fraction of sp³-hybridized carbons (Fsp3) is 0.346. The van der Waals surface area contributed by atoms with Gasteiger partial charge in [0.25, 0.3) is 5.56 Å². The number of carbonyl (C=O) groups is 1. The molecular weight excluding hydrogens is 438 g/mol. The lowest BCUT2D eigenvalue weighted by molar-refractivity contribution is 0.0466. The first-order chi connectivity index (χ1) is 16.0. The van der Waals surface area contributed by atoms with Gasteiger partial charge in [-0.25, -0.2) is 9.78 Å². The highest BCUT2D eigenvalue weighted by molar-refractivity contribution is 6.30. The molecule has 0 aliphatic heterocycles. The number of hydrogen-bond donors (Lipinski definition) is 0. The average molecular weight is 466 g/mol. The first-order valence-electron chi connectivity index (χ1n) is 11.4. The van der Waals surface area contributed by atoms with Gasteiger partial charge in [0.2, 0.25) is 0 Å². The van der Waals surface area contributed by atoms with Crippen LogP contribution >= 0.6 is 11.6 Å². The van der Waals surface area contributed by atoms with Crippen molar-refractivity contribution in [3.05, 3.63) is 80.4 Å². The van der Waals surface area contributed by atoms with Crippen LogP contribution in [0.15, 0.2) is 47.4 Å². The van der Waals surface area contributed by atoms with Crippen LogP contribution in [0.2, 0.25) is 5.02 Å². The number of halogens is 1. The van der Waals surface area contributed by atoms with Crippen molar-refractivity contribution in [1.29, 1.82) is 0 Å². The first-order valence-corrected chi connectivity index (χ1v) is 11.8. The number of allylic oxidation sites excluding steroid dienone is 1. The molecule has 2 heterocycles. The fourth-order valence-corrected chi connectivity index (χ4v) is 4.39. The van der Waals surface area contributed by atoms with Crippen molar-refractivity contribution >= 4 is 34.9 Å². The van der Waals surface area contributed by atoms with E-state index in [4.69, 9.17) is 21.3 Å². The second-order valence-electron chi connectivity index (χ2n) is 8.13. The van der Waals surface area contributed by atoms with Crippen LogP contribution in [0.4, 0.5) is 0 Å². The van der Waals surface area contributed by atoms with E-state index < -0.39 is 5.97 Å². The van der Waals surface area contributed by atoms with E-state index in [2.05, 4.69) is 24.8 Å². The molecule has 0 spiro atoms. The summed E-state index contributed by atoms with van der Waals surface area (Å²) >= 11 is 6.13. The minimum Gasteiger partial charge on any atom is -0.461 e. The summed E-state index contributed by atoms with van der Waals surface area (Å²) in [7, 11) is 0. The molecule has 3 aromatic rings. The van der Waals surface area contributed by atoms with Gasteiger partial charge in [0.15, 0.2) is 0 Å². The highest BCUT2D eigenvalue weighted by Gasteiger charge is 2.21. The van der Waals surface area contributed by atoms with E-state index in [9.17, 15) is 9.59 Å². The number of aromatic nitrogens is 2. The minimum atomic E-state index is -0.435. The van der Waals surface area contributed by atoms with Crippen LogP contribution in [0.3, 0.4) is 0 Å². The Bertz CT molecular complexity index is 1260. The molecule has 0 radical (unpaired) electrons. The van der Waals surface area contributed by atoms with Crippen LogP contribution in [-0.2, 0) is 11.2 Å². The monoisotopic (exact) mass is 465 g/mol. The molecule has 172 valence electrons. The van der Waals surface area contributed by atoms with Gasteiger partial charge in [0.1, 0.15) is 12.3 Å². The Hall–Kier alpha value is -2.96. The highest BCUT2D eigenvalue weighted by Crippen LogP contribution is 2.30. The fourth-order valence-electron chi connectivity index (χ4n) is 4.19. The Morgan fingerprint density at radius 1 is 1.21 bits per heavy atom. The van der Waals surface area contributed by atoms with E-state index in [0.717, 1.165) is 42.8 Å². The van der Waals surface area contributed by atoms with Gasteiger partial charge in [-0.3, -0.25) is 9.20 Å². The quantitative estimate of drug-likeness (QED) is 0.472. The van der Waals surface area contributed by atoms with Crippen molar-refractivity contribution in [3.63, 3.8) is 0 Å². The molecule has 4 rings (SSSR count). The average Bonchev–Trinajstić information content (AvgIpc) is 2.82. The normalized spacial score (nSPS) is 14.6. The van der Waals surface area contributed by atoms with Gasteiger partial charge in [0.05, 0.1) is 11.3 Å². The first kappa shape index (κ1) is 23.2. The largest absolute Gasteiger partial charge is 0.461 e.